The first kappa shape index (κ1) is 18.5. The highest BCUT2D eigenvalue weighted by Gasteiger charge is 2.41. The lowest BCUT2D eigenvalue weighted by atomic mass is 9.68. The third-order valence-electron chi connectivity index (χ3n) is 5.36. The Balaban J connectivity index is 1.81. The second kappa shape index (κ2) is 8.39. The SMILES string of the molecule is CCCOc1ccc(NC(=O)C2(c3ccccc3)CCCCC2)cc1C. The van der Waals surface area contributed by atoms with E-state index in [1.54, 1.807) is 0 Å². The summed E-state index contributed by atoms with van der Waals surface area (Å²) in [5.41, 5.74) is 2.62. The molecule has 1 aliphatic carbocycles. The third kappa shape index (κ3) is 3.92. The highest BCUT2D eigenvalue weighted by molar-refractivity contribution is 5.99. The van der Waals surface area contributed by atoms with Crippen molar-refractivity contribution in [3.05, 3.63) is 59.7 Å². The van der Waals surface area contributed by atoms with Gasteiger partial charge in [0.1, 0.15) is 5.75 Å². The molecule has 0 heterocycles. The summed E-state index contributed by atoms with van der Waals surface area (Å²) < 4.78 is 5.74. The first-order valence-corrected chi connectivity index (χ1v) is 9.76. The number of rotatable bonds is 6. The average Bonchev–Trinajstić information content (AvgIpc) is 2.68. The van der Waals surface area contributed by atoms with Gasteiger partial charge in [-0.25, -0.2) is 0 Å². The number of nitrogens with one attached hydrogen (secondary N) is 1. The summed E-state index contributed by atoms with van der Waals surface area (Å²) in [6, 6.07) is 16.2. The fourth-order valence-corrected chi connectivity index (χ4v) is 3.91. The molecule has 1 amide bonds. The normalized spacial score (nSPS) is 16.1. The molecule has 138 valence electrons. The Hall–Kier alpha value is -2.29. The standard InChI is InChI=1S/C23H29NO2/c1-3-16-26-21-13-12-20(17-18(21)2)24-22(25)23(14-8-5-9-15-23)19-10-6-4-7-11-19/h4,6-7,10-13,17H,3,5,8-9,14-16H2,1-2H3,(H,24,25). The second-order valence-corrected chi connectivity index (χ2v) is 7.29. The maximum atomic E-state index is 13.3. The molecule has 2 aromatic carbocycles. The van der Waals surface area contributed by atoms with Crippen molar-refractivity contribution in [3.63, 3.8) is 0 Å². The molecule has 0 atom stereocenters. The molecular formula is C23H29NO2. The van der Waals surface area contributed by atoms with Crippen LogP contribution < -0.4 is 10.1 Å². The van der Waals surface area contributed by atoms with Crippen molar-refractivity contribution in [1.82, 2.24) is 0 Å². The third-order valence-corrected chi connectivity index (χ3v) is 5.36. The second-order valence-electron chi connectivity index (χ2n) is 7.29. The molecule has 0 aliphatic heterocycles. The van der Waals surface area contributed by atoms with Crippen LogP contribution in [0.15, 0.2) is 48.5 Å². The zero-order valence-corrected chi connectivity index (χ0v) is 15.9. The molecule has 0 unspecified atom stereocenters. The van der Waals surface area contributed by atoms with Gasteiger partial charge in [0.2, 0.25) is 5.91 Å². The Labute approximate surface area is 156 Å². The zero-order valence-electron chi connectivity index (χ0n) is 15.9. The Morgan fingerprint density at radius 2 is 1.81 bits per heavy atom. The number of benzene rings is 2. The van der Waals surface area contributed by atoms with Crippen LogP contribution in [0, 0.1) is 6.92 Å². The molecule has 0 saturated heterocycles. The monoisotopic (exact) mass is 351 g/mol. The zero-order chi connectivity index (χ0) is 18.4. The van der Waals surface area contributed by atoms with Crippen molar-refractivity contribution in [1.29, 1.82) is 0 Å². The maximum absolute atomic E-state index is 13.3. The predicted octanol–water partition coefficient (Wildman–Crippen LogP) is 5.62. The fourth-order valence-electron chi connectivity index (χ4n) is 3.91. The quantitative estimate of drug-likeness (QED) is 0.733. The Morgan fingerprint density at radius 3 is 2.46 bits per heavy atom. The first-order valence-electron chi connectivity index (χ1n) is 9.76. The minimum absolute atomic E-state index is 0.116. The Kier molecular flexibility index (Phi) is 5.97. The van der Waals surface area contributed by atoms with Crippen molar-refractivity contribution in [2.75, 3.05) is 11.9 Å². The minimum atomic E-state index is -0.412. The molecule has 2 aromatic rings. The van der Waals surface area contributed by atoms with Crippen molar-refractivity contribution >= 4 is 11.6 Å². The number of hydrogen-bond acceptors (Lipinski definition) is 2. The van der Waals surface area contributed by atoms with Gasteiger partial charge < -0.3 is 10.1 Å². The van der Waals surface area contributed by atoms with Gasteiger partial charge in [-0.2, -0.15) is 0 Å². The van der Waals surface area contributed by atoms with Crippen LogP contribution >= 0.6 is 0 Å². The van der Waals surface area contributed by atoms with E-state index in [4.69, 9.17) is 4.74 Å². The molecule has 1 saturated carbocycles. The van der Waals surface area contributed by atoms with E-state index < -0.39 is 5.41 Å². The molecule has 1 fully saturated rings. The van der Waals surface area contributed by atoms with E-state index in [1.807, 2.05) is 43.3 Å². The van der Waals surface area contributed by atoms with Crippen LogP contribution in [0.4, 0.5) is 5.69 Å². The lowest BCUT2D eigenvalue weighted by Gasteiger charge is -2.36. The molecule has 0 aromatic heterocycles. The summed E-state index contributed by atoms with van der Waals surface area (Å²) in [6.45, 7) is 4.83. The van der Waals surface area contributed by atoms with Gasteiger partial charge in [0.15, 0.2) is 0 Å². The molecule has 1 N–H and O–H groups in total. The van der Waals surface area contributed by atoms with Crippen LogP contribution in [-0.4, -0.2) is 12.5 Å². The number of amides is 1. The van der Waals surface area contributed by atoms with Gasteiger partial charge in [-0.3, -0.25) is 4.79 Å². The molecule has 3 rings (SSSR count). The Bertz CT molecular complexity index is 733. The van der Waals surface area contributed by atoms with Crippen LogP contribution in [0.25, 0.3) is 0 Å². The minimum Gasteiger partial charge on any atom is -0.493 e. The lowest BCUT2D eigenvalue weighted by Crippen LogP contribution is -2.42. The first-order chi connectivity index (χ1) is 12.7. The van der Waals surface area contributed by atoms with Gasteiger partial charge in [-0.1, -0.05) is 56.5 Å². The largest absolute Gasteiger partial charge is 0.493 e. The molecule has 3 nitrogen and oxygen atoms in total. The van der Waals surface area contributed by atoms with Crippen LogP contribution in [0.1, 0.15) is 56.6 Å². The summed E-state index contributed by atoms with van der Waals surface area (Å²) in [5.74, 6) is 1.00. The van der Waals surface area contributed by atoms with E-state index in [-0.39, 0.29) is 5.91 Å². The van der Waals surface area contributed by atoms with Crippen molar-refractivity contribution in [2.45, 2.75) is 57.8 Å². The van der Waals surface area contributed by atoms with E-state index in [0.717, 1.165) is 54.7 Å². The number of carbonyl (C=O) groups excluding carboxylic acids is 1. The number of anilines is 1. The van der Waals surface area contributed by atoms with Gasteiger partial charge in [0.05, 0.1) is 12.0 Å². The summed E-state index contributed by atoms with van der Waals surface area (Å²) in [7, 11) is 0. The number of carbonyl (C=O) groups is 1. The van der Waals surface area contributed by atoms with Crippen LogP contribution in [-0.2, 0) is 10.2 Å². The lowest BCUT2D eigenvalue weighted by molar-refractivity contribution is -0.122. The van der Waals surface area contributed by atoms with Gasteiger partial charge in [-0.05, 0) is 55.5 Å². The van der Waals surface area contributed by atoms with Crippen molar-refractivity contribution in [2.24, 2.45) is 0 Å². The fraction of sp³-hybridized carbons (Fsp3) is 0.435. The average molecular weight is 351 g/mol. The van der Waals surface area contributed by atoms with Gasteiger partial charge in [0.25, 0.3) is 0 Å². The summed E-state index contributed by atoms with van der Waals surface area (Å²) >= 11 is 0. The number of hydrogen-bond donors (Lipinski definition) is 1. The van der Waals surface area contributed by atoms with E-state index in [9.17, 15) is 4.79 Å². The number of ether oxygens (including phenoxy) is 1. The molecule has 0 spiro atoms. The molecule has 1 aliphatic rings. The van der Waals surface area contributed by atoms with Crippen LogP contribution in [0.2, 0.25) is 0 Å². The van der Waals surface area contributed by atoms with Crippen LogP contribution in [0.3, 0.4) is 0 Å². The summed E-state index contributed by atoms with van der Waals surface area (Å²) in [5, 5.41) is 3.18. The van der Waals surface area contributed by atoms with Crippen molar-refractivity contribution in [3.8, 4) is 5.75 Å². The van der Waals surface area contributed by atoms with E-state index >= 15 is 0 Å². The Morgan fingerprint density at radius 1 is 1.08 bits per heavy atom. The summed E-state index contributed by atoms with van der Waals surface area (Å²) in [6.07, 6.45) is 6.23. The highest BCUT2D eigenvalue weighted by atomic mass is 16.5. The summed E-state index contributed by atoms with van der Waals surface area (Å²) in [4.78, 5) is 13.3. The van der Waals surface area contributed by atoms with Crippen molar-refractivity contribution < 1.29 is 9.53 Å². The molecule has 0 bridgehead atoms. The predicted molar refractivity (Wildman–Crippen MR) is 107 cm³/mol. The van der Waals surface area contributed by atoms with E-state index in [1.165, 1.54) is 6.42 Å². The molecule has 3 heteroatoms. The highest BCUT2D eigenvalue weighted by Crippen LogP contribution is 2.40. The smallest absolute Gasteiger partial charge is 0.235 e. The van der Waals surface area contributed by atoms with Gasteiger partial charge in [-0.15, -0.1) is 0 Å². The van der Waals surface area contributed by atoms with E-state index in [0.29, 0.717) is 6.61 Å². The van der Waals surface area contributed by atoms with Gasteiger partial charge >= 0.3 is 0 Å². The molecular weight excluding hydrogens is 322 g/mol. The van der Waals surface area contributed by atoms with Crippen LogP contribution in [0.5, 0.6) is 5.75 Å². The molecule has 0 radical (unpaired) electrons. The maximum Gasteiger partial charge on any atom is 0.235 e. The molecule has 26 heavy (non-hydrogen) atoms. The van der Waals surface area contributed by atoms with E-state index in [2.05, 4.69) is 24.4 Å². The number of aryl methyl sites for hydroxylation is 1. The topological polar surface area (TPSA) is 38.3 Å². The van der Waals surface area contributed by atoms with Gasteiger partial charge in [0, 0.05) is 5.69 Å².